The molecule has 14 heavy (non-hydrogen) atoms. The van der Waals surface area contributed by atoms with E-state index in [9.17, 15) is 0 Å². The van der Waals surface area contributed by atoms with Crippen LogP contribution in [0, 0.1) is 6.92 Å². The number of hydrogen-bond acceptors (Lipinski definition) is 3. The summed E-state index contributed by atoms with van der Waals surface area (Å²) in [5, 5.41) is 3.73. The van der Waals surface area contributed by atoms with E-state index in [2.05, 4.69) is 22.2 Å². The molecule has 3 nitrogen and oxygen atoms in total. The van der Waals surface area contributed by atoms with Crippen molar-refractivity contribution in [1.82, 2.24) is 9.97 Å². The van der Waals surface area contributed by atoms with Gasteiger partial charge < -0.3 is 5.32 Å². The minimum absolute atomic E-state index is 0.555. The number of aryl methyl sites for hydroxylation is 1. The predicted molar refractivity (Wildman–Crippen MR) is 59.9 cm³/mol. The van der Waals surface area contributed by atoms with Crippen LogP contribution < -0.4 is 5.32 Å². The summed E-state index contributed by atoms with van der Waals surface area (Å²) in [6.45, 7) is 6.91. The smallest absolute Gasteiger partial charge is 0.137 e. The van der Waals surface area contributed by atoms with Crippen LogP contribution in [-0.4, -0.2) is 16.5 Å². The Balaban J connectivity index is 3.01. The molecule has 1 aromatic rings. The second-order valence-electron chi connectivity index (χ2n) is 3.18. The van der Waals surface area contributed by atoms with E-state index >= 15 is 0 Å². The van der Waals surface area contributed by atoms with Gasteiger partial charge in [0.25, 0.3) is 0 Å². The number of nitrogens with one attached hydrogen (secondary N) is 1. The third-order valence-electron chi connectivity index (χ3n) is 1.95. The minimum Gasteiger partial charge on any atom is -0.370 e. The quantitative estimate of drug-likeness (QED) is 0.782. The molecule has 0 spiro atoms. The SMILES string of the molecule is CCCc1nc(Cl)c(C)c(NCC)n1. The van der Waals surface area contributed by atoms with Gasteiger partial charge in [0.2, 0.25) is 0 Å². The van der Waals surface area contributed by atoms with E-state index in [1.165, 1.54) is 0 Å². The van der Waals surface area contributed by atoms with E-state index in [1.54, 1.807) is 0 Å². The Hall–Kier alpha value is -0.830. The molecule has 4 heteroatoms. The van der Waals surface area contributed by atoms with Gasteiger partial charge in [-0.25, -0.2) is 9.97 Å². The lowest BCUT2D eigenvalue weighted by Gasteiger charge is -2.09. The highest BCUT2D eigenvalue weighted by atomic mass is 35.5. The third kappa shape index (κ3) is 2.58. The molecule has 78 valence electrons. The first kappa shape index (κ1) is 11.2. The Kier molecular flexibility index (Phi) is 4.14. The van der Waals surface area contributed by atoms with E-state index in [1.807, 2.05) is 13.8 Å². The largest absolute Gasteiger partial charge is 0.370 e. The topological polar surface area (TPSA) is 37.8 Å². The van der Waals surface area contributed by atoms with Crippen molar-refractivity contribution in [3.8, 4) is 0 Å². The van der Waals surface area contributed by atoms with Crippen LogP contribution in [0.3, 0.4) is 0 Å². The van der Waals surface area contributed by atoms with Crippen molar-refractivity contribution in [2.75, 3.05) is 11.9 Å². The average Bonchev–Trinajstić information content (AvgIpc) is 2.14. The molecule has 0 amide bonds. The van der Waals surface area contributed by atoms with E-state index < -0.39 is 0 Å². The van der Waals surface area contributed by atoms with Crippen molar-refractivity contribution >= 4 is 17.4 Å². The first-order valence-corrected chi connectivity index (χ1v) is 5.33. The van der Waals surface area contributed by atoms with Gasteiger partial charge in [-0.05, 0) is 20.3 Å². The number of rotatable bonds is 4. The molecule has 0 aliphatic heterocycles. The fourth-order valence-electron chi connectivity index (χ4n) is 1.21. The van der Waals surface area contributed by atoms with Crippen LogP contribution in [0.2, 0.25) is 5.15 Å². The number of nitrogens with zero attached hydrogens (tertiary/aromatic N) is 2. The molecule has 1 N–H and O–H groups in total. The van der Waals surface area contributed by atoms with Gasteiger partial charge in [0.05, 0.1) is 0 Å². The molecule has 0 atom stereocenters. The molecule has 0 radical (unpaired) electrons. The van der Waals surface area contributed by atoms with Crippen molar-refractivity contribution in [3.05, 3.63) is 16.5 Å². The van der Waals surface area contributed by atoms with E-state index in [-0.39, 0.29) is 0 Å². The van der Waals surface area contributed by atoms with Crippen molar-refractivity contribution in [2.24, 2.45) is 0 Å². The van der Waals surface area contributed by atoms with Crippen molar-refractivity contribution in [2.45, 2.75) is 33.6 Å². The van der Waals surface area contributed by atoms with E-state index in [0.717, 1.165) is 36.6 Å². The van der Waals surface area contributed by atoms with Gasteiger partial charge in [0.1, 0.15) is 16.8 Å². The molecule has 0 bridgehead atoms. The molecule has 0 saturated carbocycles. The molecule has 0 aromatic carbocycles. The van der Waals surface area contributed by atoms with E-state index in [0.29, 0.717) is 5.15 Å². The molecule has 0 aliphatic carbocycles. The van der Waals surface area contributed by atoms with Crippen LogP contribution >= 0.6 is 11.6 Å². The third-order valence-corrected chi connectivity index (χ3v) is 2.32. The number of anilines is 1. The standard InChI is InChI=1S/C10H16ClN3/c1-4-6-8-13-9(11)7(3)10(14-8)12-5-2/h4-6H2,1-3H3,(H,12,13,14). The Morgan fingerprint density at radius 2 is 2.00 bits per heavy atom. The highest BCUT2D eigenvalue weighted by molar-refractivity contribution is 6.30. The van der Waals surface area contributed by atoms with E-state index in [4.69, 9.17) is 11.6 Å². The summed E-state index contributed by atoms with van der Waals surface area (Å²) in [6.07, 6.45) is 1.91. The van der Waals surface area contributed by atoms with Crippen LogP contribution in [0.25, 0.3) is 0 Å². The van der Waals surface area contributed by atoms with Crippen LogP contribution in [-0.2, 0) is 6.42 Å². The highest BCUT2D eigenvalue weighted by Gasteiger charge is 2.07. The molecule has 1 heterocycles. The maximum atomic E-state index is 6.00. The summed E-state index contributed by atoms with van der Waals surface area (Å²) in [4.78, 5) is 8.63. The lowest BCUT2D eigenvalue weighted by molar-refractivity contribution is 0.831. The van der Waals surface area contributed by atoms with Crippen LogP contribution in [0.5, 0.6) is 0 Å². The number of hydrogen-bond donors (Lipinski definition) is 1. The fraction of sp³-hybridized carbons (Fsp3) is 0.600. The van der Waals surface area contributed by atoms with Crippen LogP contribution in [0.15, 0.2) is 0 Å². The maximum Gasteiger partial charge on any atom is 0.137 e. The summed E-state index contributed by atoms with van der Waals surface area (Å²) < 4.78 is 0. The summed E-state index contributed by atoms with van der Waals surface area (Å²) in [7, 11) is 0. The maximum absolute atomic E-state index is 6.00. The number of halogens is 1. The molecular formula is C10H16ClN3. The second kappa shape index (κ2) is 5.15. The Bertz CT molecular complexity index is 312. The summed E-state index contributed by atoms with van der Waals surface area (Å²) >= 11 is 6.00. The second-order valence-corrected chi connectivity index (χ2v) is 3.54. The van der Waals surface area contributed by atoms with Gasteiger partial charge in [-0.15, -0.1) is 0 Å². The minimum atomic E-state index is 0.555. The first-order valence-electron chi connectivity index (χ1n) is 4.95. The Morgan fingerprint density at radius 1 is 1.29 bits per heavy atom. The normalized spacial score (nSPS) is 10.3. The molecule has 0 fully saturated rings. The van der Waals surface area contributed by atoms with Gasteiger partial charge in [0, 0.05) is 18.5 Å². The fourth-order valence-corrected chi connectivity index (χ4v) is 1.39. The van der Waals surface area contributed by atoms with Crippen LogP contribution in [0.4, 0.5) is 5.82 Å². The summed E-state index contributed by atoms with van der Waals surface area (Å²) in [5.41, 5.74) is 0.924. The zero-order valence-corrected chi connectivity index (χ0v) is 9.65. The van der Waals surface area contributed by atoms with Crippen molar-refractivity contribution in [3.63, 3.8) is 0 Å². The lowest BCUT2D eigenvalue weighted by Crippen LogP contribution is -2.06. The van der Waals surface area contributed by atoms with Gasteiger partial charge >= 0.3 is 0 Å². The monoisotopic (exact) mass is 213 g/mol. The van der Waals surface area contributed by atoms with Gasteiger partial charge in [-0.3, -0.25) is 0 Å². The molecule has 0 unspecified atom stereocenters. The molecule has 1 rings (SSSR count). The highest BCUT2D eigenvalue weighted by Crippen LogP contribution is 2.19. The Morgan fingerprint density at radius 3 is 2.57 bits per heavy atom. The zero-order chi connectivity index (χ0) is 10.6. The summed E-state index contributed by atoms with van der Waals surface area (Å²) in [6, 6.07) is 0. The van der Waals surface area contributed by atoms with Crippen LogP contribution in [0.1, 0.15) is 31.7 Å². The molecule has 0 saturated heterocycles. The average molecular weight is 214 g/mol. The first-order chi connectivity index (χ1) is 6.69. The van der Waals surface area contributed by atoms with Crippen molar-refractivity contribution < 1.29 is 0 Å². The lowest BCUT2D eigenvalue weighted by atomic mass is 10.3. The van der Waals surface area contributed by atoms with Gasteiger partial charge in [0.15, 0.2) is 0 Å². The predicted octanol–water partition coefficient (Wildman–Crippen LogP) is 2.82. The zero-order valence-electron chi connectivity index (χ0n) is 8.89. The Labute approximate surface area is 89.9 Å². The molecule has 1 aromatic heterocycles. The number of aromatic nitrogens is 2. The van der Waals surface area contributed by atoms with Gasteiger partial charge in [-0.2, -0.15) is 0 Å². The van der Waals surface area contributed by atoms with Gasteiger partial charge in [-0.1, -0.05) is 18.5 Å². The molecular weight excluding hydrogens is 198 g/mol. The molecule has 0 aliphatic rings. The van der Waals surface area contributed by atoms with Crippen molar-refractivity contribution in [1.29, 1.82) is 0 Å². The summed E-state index contributed by atoms with van der Waals surface area (Å²) in [5.74, 6) is 1.68.